The molecule has 0 saturated heterocycles. The van der Waals surface area contributed by atoms with Crippen LogP contribution in [0.2, 0.25) is 0 Å². The monoisotopic (exact) mass is 357 g/mol. The number of aromatic nitrogens is 3. The van der Waals surface area contributed by atoms with E-state index in [4.69, 9.17) is 10.5 Å². The molecular formula is C21H19N5O. The molecule has 0 fully saturated rings. The molecule has 2 aromatic heterocycles. The van der Waals surface area contributed by atoms with Gasteiger partial charge in [0.05, 0.1) is 11.2 Å². The summed E-state index contributed by atoms with van der Waals surface area (Å²) < 4.78 is 5.88. The molecule has 0 atom stereocenters. The topological polar surface area (TPSA) is 86.0 Å². The number of nitrogens with one attached hydrogen (secondary N) is 1. The Bertz CT molecular complexity index is 1080. The van der Waals surface area contributed by atoms with Gasteiger partial charge in [0.25, 0.3) is 0 Å². The van der Waals surface area contributed by atoms with Crippen LogP contribution in [-0.4, -0.2) is 15.0 Å². The van der Waals surface area contributed by atoms with Gasteiger partial charge in [-0.1, -0.05) is 6.07 Å². The highest BCUT2D eigenvalue weighted by Crippen LogP contribution is 2.28. The summed E-state index contributed by atoms with van der Waals surface area (Å²) in [6.07, 6.45) is 3.30. The summed E-state index contributed by atoms with van der Waals surface area (Å²) >= 11 is 0. The Kier molecular flexibility index (Phi) is 4.53. The maximum absolute atomic E-state index is 5.91. The number of hydrogen-bond acceptors (Lipinski definition) is 6. The number of hydrogen-bond donors (Lipinski definition) is 2. The summed E-state index contributed by atoms with van der Waals surface area (Å²) in [5.41, 5.74) is 10.3. The Morgan fingerprint density at radius 2 is 1.93 bits per heavy atom. The molecular weight excluding hydrogens is 338 g/mol. The number of pyridine rings is 1. The zero-order valence-corrected chi connectivity index (χ0v) is 14.9. The standard InChI is InChI=1S/C21H19N5O/c1-14-10-16(6-8-20(14)27-12-17-4-2-3-9-23-17)26-21-18-11-15(22)5-7-19(18)24-13-25-21/h2-11,13H,12,22H2,1H3,(H,24,25,26). The predicted octanol–water partition coefficient (Wildman–Crippen LogP) is 4.24. The zero-order chi connectivity index (χ0) is 18.6. The predicted molar refractivity (Wildman–Crippen MR) is 107 cm³/mol. The second kappa shape index (κ2) is 7.29. The van der Waals surface area contributed by atoms with Gasteiger partial charge in [-0.05, 0) is 61.0 Å². The molecule has 2 heterocycles. The SMILES string of the molecule is Cc1cc(Nc2ncnc3ccc(N)cc23)ccc1OCc1ccccn1. The largest absolute Gasteiger partial charge is 0.487 e. The molecule has 0 aliphatic heterocycles. The highest BCUT2D eigenvalue weighted by atomic mass is 16.5. The summed E-state index contributed by atoms with van der Waals surface area (Å²) in [5.74, 6) is 1.54. The van der Waals surface area contributed by atoms with Gasteiger partial charge in [0.15, 0.2) is 0 Å². The van der Waals surface area contributed by atoms with E-state index in [0.29, 0.717) is 18.1 Å². The van der Waals surface area contributed by atoms with Crippen LogP contribution >= 0.6 is 0 Å². The molecule has 0 amide bonds. The number of nitrogens with zero attached hydrogens (tertiary/aromatic N) is 3. The molecule has 134 valence electrons. The van der Waals surface area contributed by atoms with Crippen molar-refractivity contribution in [1.29, 1.82) is 0 Å². The van der Waals surface area contributed by atoms with E-state index in [1.165, 1.54) is 6.33 Å². The first-order chi connectivity index (χ1) is 13.2. The average molecular weight is 357 g/mol. The minimum Gasteiger partial charge on any atom is -0.487 e. The third kappa shape index (κ3) is 3.79. The van der Waals surface area contributed by atoms with E-state index in [1.807, 2.05) is 61.5 Å². The van der Waals surface area contributed by atoms with Gasteiger partial charge in [-0.2, -0.15) is 0 Å². The fourth-order valence-electron chi connectivity index (χ4n) is 2.83. The first kappa shape index (κ1) is 16.8. The molecule has 0 aliphatic rings. The van der Waals surface area contributed by atoms with Gasteiger partial charge in [-0.15, -0.1) is 0 Å². The van der Waals surface area contributed by atoms with Gasteiger partial charge in [0, 0.05) is 23.0 Å². The summed E-state index contributed by atoms with van der Waals surface area (Å²) in [5, 5.41) is 4.22. The second-order valence-electron chi connectivity index (χ2n) is 6.21. The van der Waals surface area contributed by atoms with Crippen LogP contribution in [0.25, 0.3) is 10.9 Å². The van der Waals surface area contributed by atoms with Crippen LogP contribution in [0, 0.1) is 6.92 Å². The van der Waals surface area contributed by atoms with Crippen LogP contribution in [0.4, 0.5) is 17.2 Å². The number of rotatable bonds is 5. The molecule has 4 aromatic rings. The fraction of sp³-hybridized carbons (Fsp3) is 0.0952. The molecule has 2 aromatic carbocycles. The van der Waals surface area contributed by atoms with Gasteiger partial charge in [0.2, 0.25) is 0 Å². The summed E-state index contributed by atoms with van der Waals surface area (Å²) in [7, 11) is 0. The summed E-state index contributed by atoms with van der Waals surface area (Å²) in [4.78, 5) is 12.9. The van der Waals surface area contributed by atoms with Crippen LogP contribution in [0.1, 0.15) is 11.3 Å². The van der Waals surface area contributed by atoms with Gasteiger partial charge in [0.1, 0.15) is 24.5 Å². The molecule has 6 heteroatoms. The maximum Gasteiger partial charge on any atom is 0.141 e. The molecule has 3 N–H and O–H groups in total. The summed E-state index contributed by atoms with van der Waals surface area (Å²) in [6, 6.07) is 17.3. The van der Waals surface area contributed by atoms with Crippen LogP contribution < -0.4 is 15.8 Å². The third-order valence-corrected chi connectivity index (χ3v) is 4.20. The van der Waals surface area contributed by atoms with Crippen molar-refractivity contribution in [3.05, 3.63) is 78.4 Å². The van der Waals surface area contributed by atoms with Crippen molar-refractivity contribution in [2.24, 2.45) is 0 Å². The quantitative estimate of drug-likeness (QED) is 0.520. The molecule has 0 spiro atoms. The minimum absolute atomic E-state index is 0.435. The van der Waals surface area contributed by atoms with Crippen molar-refractivity contribution >= 4 is 28.1 Å². The van der Waals surface area contributed by atoms with Crippen LogP contribution in [0.5, 0.6) is 5.75 Å². The Labute approximate surface area is 157 Å². The van der Waals surface area contributed by atoms with Crippen LogP contribution in [0.15, 0.2) is 67.1 Å². The minimum atomic E-state index is 0.435. The lowest BCUT2D eigenvalue weighted by molar-refractivity contribution is 0.299. The highest BCUT2D eigenvalue weighted by molar-refractivity contribution is 5.92. The molecule has 0 aliphatic carbocycles. The third-order valence-electron chi connectivity index (χ3n) is 4.20. The van der Waals surface area contributed by atoms with E-state index in [2.05, 4.69) is 20.3 Å². The maximum atomic E-state index is 5.91. The van der Waals surface area contributed by atoms with Gasteiger partial charge in [-0.25, -0.2) is 9.97 Å². The van der Waals surface area contributed by atoms with Crippen molar-refractivity contribution in [1.82, 2.24) is 15.0 Å². The Hall–Kier alpha value is -3.67. The highest BCUT2D eigenvalue weighted by Gasteiger charge is 2.07. The average Bonchev–Trinajstić information content (AvgIpc) is 2.69. The number of anilines is 3. The van der Waals surface area contributed by atoms with Crippen molar-refractivity contribution in [2.75, 3.05) is 11.1 Å². The van der Waals surface area contributed by atoms with Gasteiger partial charge >= 0.3 is 0 Å². The second-order valence-corrected chi connectivity index (χ2v) is 6.21. The molecule has 6 nitrogen and oxygen atoms in total. The molecule has 27 heavy (non-hydrogen) atoms. The van der Waals surface area contributed by atoms with E-state index in [-0.39, 0.29) is 0 Å². The Morgan fingerprint density at radius 3 is 2.74 bits per heavy atom. The van der Waals surface area contributed by atoms with Gasteiger partial charge in [-0.3, -0.25) is 4.98 Å². The molecule has 0 bridgehead atoms. The fourth-order valence-corrected chi connectivity index (χ4v) is 2.83. The normalized spacial score (nSPS) is 10.7. The van der Waals surface area contributed by atoms with E-state index in [9.17, 15) is 0 Å². The molecule has 0 radical (unpaired) electrons. The number of ether oxygens (including phenoxy) is 1. The Morgan fingerprint density at radius 1 is 1.00 bits per heavy atom. The van der Waals surface area contributed by atoms with E-state index in [1.54, 1.807) is 6.20 Å². The first-order valence-electron chi connectivity index (χ1n) is 8.60. The molecule has 0 saturated carbocycles. The van der Waals surface area contributed by atoms with E-state index >= 15 is 0 Å². The van der Waals surface area contributed by atoms with Crippen molar-refractivity contribution < 1.29 is 4.74 Å². The summed E-state index contributed by atoms with van der Waals surface area (Å²) in [6.45, 7) is 2.44. The lowest BCUT2D eigenvalue weighted by atomic mass is 10.2. The van der Waals surface area contributed by atoms with Crippen molar-refractivity contribution in [2.45, 2.75) is 13.5 Å². The number of aryl methyl sites for hydroxylation is 1. The number of nitrogen functional groups attached to an aromatic ring is 1. The van der Waals surface area contributed by atoms with E-state index < -0.39 is 0 Å². The zero-order valence-electron chi connectivity index (χ0n) is 14.9. The van der Waals surface area contributed by atoms with Gasteiger partial charge < -0.3 is 15.8 Å². The van der Waals surface area contributed by atoms with E-state index in [0.717, 1.165) is 33.6 Å². The Balaban J connectivity index is 1.54. The number of nitrogens with two attached hydrogens (primary N) is 1. The lowest BCUT2D eigenvalue weighted by Crippen LogP contribution is -2.00. The van der Waals surface area contributed by atoms with Crippen molar-refractivity contribution in [3.63, 3.8) is 0 Å². The lowest BCUT2D eigenvalue weighted by Gasteiger charge is -2.12. The first-order valence-corrected chi connectivity index (χ1v) is 8.60. The van der Waals surface area contributed by atoms with Crippen LogP contribution in [0.3, 0.4) is 0 Å². The molecule has 0 unspecified atom stereocenters. The number of benzene rings is 2. The molecule has 4 rings (SSSR count). The smallest absolute Gasteiger partial charge is 0.141 e. The van der Waals surface area contributed by atoms with Crippen molar-refractivity contribution in [3.8, 4) is 5.75 Å². The number of fused-ring (bicyclic) bond motifs is 1. The van der Waals surface area contributed by atoms with Crippen LogP contribution in [-0.2, 0) is 6.61 Å².